The molecule has 5 heteroatoms. The van der Waals surface area contributed by atoms with E-state index in [2.05, 4.69) is 6.58 Å². The molecule has 0 aromatic carbocycles. The van der Waals surface area contributed by atoms with Crippen molar-refractivity contribution in [1.29, 1.82) is 0 Å². The first kappa shape index (κ1) is 16.7. The van der Waals surface area contributed by atoms with Gasteiger partial charge in [-0.1, -0.05) is 13.0 Å². The molecule has 1 aliphatic carbocycles. The van der Waals surface area contributed by atoms with Gasteiger partial charge in [0.05, 0.1) is 6.61 Å². The lowest BCUT2D eigenvalue weighted by molar-refractivity contribution is -0.167. The topological polar surface area (TPSA) is 61.8 Å². The van der Waals surface area contributed by atoms with Crippen LogP contribution in [0.2, 0.25) is 0 Å². The molecule has 1 saturated carbocycles. The molecule has 0 heterocycles. The van der Waals surface area contributed by atoms with Gasteiger partial charge in [0.15, 0.2) is 0 Å². The molecule has 0 spiro atoms. The van der Waals surface area contributed by atoms with Crippen LogP contribution in [-0.2, 0) is 23.8 Å². The maximum Gasteiger partial charge on any atom is 0.333 e. The Morgan fingerprint density at radius 1 is 1.15 bits per heavy atom. The summed E-state index contributed by atoms with van der Waals surface area (Å²) < 4.78 is 15.4. The Kier molecular flexibility index (Phi) is 6.71. The van der Waals surface area contributed by atoms with Gasteiger partial charge in [0.1, 0.15) is 18.8 Å². The molecule has 114 valence electrons. The van der Waals surface area contributed by atoms with Gasteiger partial charge in [-0.3, -0.25) is 0 Å². The van der Waals surface area contributed by atoms with Gasteiger partial charge in [-0.15, -0.1) is 0 Å². The maximum atomic E-state index is 11.7. The largest absolute Gasteiger partial charge is 0.460 e. The molecule has 0 atom stereocenters. The minimum atomic E-state index is -0.453. The Hall–Kier alpha value is -1.36. The van der Waals surface area contributed by atoms with E-state index in [1.165, 1.54) is 6.42 Å². The van der Waals surface area contributed by atoms with Crippen LogP contribution in [-0.4, -0.2) is 37.4 Å². The lowest BCUT2D eigenvalue weighted by atomic mass is 9.86. The molecule has 0 unspecified atom stereocenters. The number of rotatable bonds is 7. The number of hydrogen-bond acceptors (Lipinski definition) is 5. The van der Waals surface area contributed by atoms with Crippen LogP contribution in [0.1, 0.15) is 46.0 Å². The summed E-state index contributed by atoms with van der Waals surface area (Å²) in [6.45, 7) is 7.18. The second-order valence-electron chi connectivity index (χ2n) is 5.45. The van der Waals surface area contributed by atoms with E-state index in [1.807, 2.05) is 6.92 Å². The van der Waals surface area contributed by atoms with Crippen molar-refractivity contribution in [3.63, 3.8) is 0 Å². The Bertz CT molecular complexity index is 355. The molecule has 0 amide bonds. The summed E-state index contributed by atoms with van der Waals surface area (Å²) in [7, 11) is 0. The van der Waals surface area contributed by atoms with Crippen LogP contribution in [0, 0.1) is 0 Å². The highest BCUT2D eigenvalue weighted by molar-refractivity contribution is 5.86. The van der Waals surface area contributed by atoms with Crippen molar-refractivity contribution in [2.45, 2.75) is 51.6 Å². The van der Waals surface area contributed by atoms with E-state index >= 15 is 0 Å². The summed E-state index contributed by atoms with van der Waals surface area (Å²) in [5, 5.41) is 0. The fourth-order valence-electron chi connectivity index (χ4n) is 2.18. The predicted molar refractivity (Wildman–Crippen MR) is 74.2 cm³/mol. The standard InChI is InChI=1S/C15H24O5/c1-12(2)14(17)19-10-9-18-11-13(16)20-15(3)7-5-4-6-8-15/h1,4-11H2,2-3H3. The molecular formula is C15H24O5. The molecule has 0 aliphatic heterocycles. The summed E-state index contributed by atoms with van der Waals surface area (Å²) in [5.74, 6) is -0.813. The summed E-state index contributed by atoms with van der Waals surface area (Å²) in [6, 6.07) is 0. The van der Waals surface area contributed by atoms with Gasteiger partial charge in [-0.2, -0.15) is 0 Å². The van der Waals surface area contributed by atoms with E-state index in [-0.39, 0.29) is 31.4 Å². The van der Waals surface area contributed by atoms with Crippen LogP contribution >= 0.6 is 0 Å². The first-order valence-corrected chi connectivity index (χ1v) is 7.05. The van der Waals surface area contributed by atoms with Crippen LogP contribution in [0.25, 0.3) is 0 Å². The summed E-state index contributed by atoms with van der Waals surface area (Å²) in [5.41, 5.74) is 0.000101. The van der Waals surface area contributed by atoms with Gasteiger partial charge < -0.3 is 14.2 Å². The van der Waals surface area contributed by atoms with Crippen LogP contribution in [0.5, 0.6) is 0 Å². The molecule has 1 rings (SSSR count). The van der Waals surface area contributed by atoms with E-state index in [0.29, 0.717) is 5.57 Å². The summed E-state index contributed by atoms with van der Waals surface area (Å²) in [4.78, 5) is 22.7. The van der Waals surface area contributed by atoms with E-state index in [9.17, 15) is 9.59 Å². The van der Waals surface area contributed by atoms with Crippen molar-refractivity contribution >= 4 is 11.9 Å². The third-order valence-electron chi connectivity index (χ3n) is 3.30. The second kappa shape index (κ2) is 8.04. The van der Waals surface area contributed by atoms with Crippen molar-refractivity contribution in [3.05, 3.63) is 12.2 Å². The first-order chi connectivity index (χ1) is 9.43. The SMILES string of the molecule is C=C(C)C(=O)OCCOCC(=O)OC1(C)CCCCC1. The van der Waals surface area contributed by atoms with Gasteiger partial charge in [0, 0.05) is 5.57 Å². The number of carbonyl (C=O) groups excluding carboxylic acids is 2. The molecule has 1 fully saturated rings. The van der Waals surface area contributed by atoms with E-state index in [4.69, 9.17) is 14.2 Å². The van der Waals surface area contributed by atoms with Crippen molar-refractivity contribution in [2.75, 3.05) is 19.8 Å². The van der Waals surface area contributed by atoms with Crippen molar-refractivity contribution < 1.29 is 23.8 Å². The zero-order chi connectivity index (χ0) is 15.0. The lowest BCUT2D eigenvalue weighted by Gasteiger charge is -2.33. The molecule has 0 aromatic heterocycles. The zero-order valence-electron chi connectivity index (χ0n) is 12.4. The lowest BCUT2D eigenvalue weighted by Crippen LogP contribution is -2.35. The monoisotopic (exact) mass is 284 g/mol. The minimum absolute atomic E-state index is 0.107. The molecule has 1 aliphatic rings. The summed E-state index contributed by atoms with van der Waals surface area (Å²) in [6.07, 6.45) is 5.23. The fourth-order valence-corrected chi connectivity index (χ4v) is 2.18. The fraction of sp³-hybridized carbons (Fsp3) is 0.733. The molecular weight excluding hydrogens is 260 g/mol. The van der Waals surface area contributed by atoms with Crippen LogP contribution in [0.4, 0.5) is 0 Å². The van der Waals surface area contributed by atoms with Crippen LogP contribution in [0.15, 0.2) is 12.2 Å². The zero-order valence-corrected chi connectivity index (χ0v) is 12.4. The van der Waals surface area contributed by atoms with E-state index < -0.39 is 5.97 Å². The van der Waals surface area contributed by atoms with Crippen molar-refractivity contribution in [2.24, 2.45) is 0 Å². The highest BCUT2D eigenvalue weighted by atomic mass is 16.6. The van der Waals surface area contributed by atoms with Crippen molar-refractivity contribution in [1.82, 2.24) is 0 Å². The molecule has 0 aromatic rings. The smallest absolute Gasteiger partial charge is 0.333 e. The Balaban J connectivity index is 2.11. The Morgan fingerprint density at radius 2 is 1.80 bits per heavy atom. The second-order valence-corrected chi connectivity index (χ2v) is 5.45. The molecule has 0 bridgehead atoms. The van der Waals surface area contributed by atoms with Gasteiger partial charge in [-0.25, -0.2) is 9.59 Å². The number of ether oxygens (including phenoxy) is 3. The van der Waals surface area contributed by atoms with Gasteiger partial charge in [0.2, 0.25) is 0 Å². The highest BCUT2D eigenvalue weighted by Gasteiger charge is 2.30. The summed E-state index contributed by atoms with van der Waals surface area (Å²) >= 11 is 0. The van der Waals surface area contributed by atoms with Crippen LogP contribution < -0.4 is 0 Å². The molecule has 0 radical (unpaired) electrons. The van der Waals surface area contributed by atoms with Crippen molar-refractivity contribution in [3.8, 4) is 0 Å². The maximum absolute atomic E-state index is 11.7. The molecule has 0 saturated heterocycles. The van der Waals surface area contributed by atoms with E-state index in [0.717, 1.165) is 25.7 Å². The molecule has 5 nitrogen and oxygen atoms in total. The number of hydrogen-bond donors (Lipinski definition) is 0. The minimum Gasteiger partial charge on any atom is -0.460 e. The first-order valence-electron chi connectivity index (χ1n) is 7.05. The highest BCUT2D eigenvalue weighted by Crippen LogP contribution is 2.31. The third kappa shape index (κ3) is 6.19. The van der Waals surface area contributed by atoms with Gasteiger partial charge in [-0.05, 0) is 39.5 Å². The predicted octanol–water partition coefficient (Wildman–Crippen LogP) is 2.39. The van der Waals surface area contributed by atoms with E-state index in [1.54, 1.807) is 6.92 Å². The number of carbonyl (C=O) groups is 2. The van der Waals surface area contributed by atoms with Gasteiger partial charge >= 0.3 is 11.9 Å². The normalized spacial score (nSPS) is 17.3. The molecule has 0 N–H and O–H groups in total. The van der Waals surface area contributed by atoms with Crippen LogP contribution in [0.3, 0.4) is 0 Å². The number of esters is 2. The quantitative estimate of drug-likeness (QED) is 0.408. The Morgan fingerprint density at radius 3 is 2.40 bits per heavy atom. The Labute approximate surface area is 120 Å². The average Bonchev–Trinajstić information content (AvgIpc) is 2.38. The third-order valence-corrected chi connectivity index (χ3v) is 3.30. The average molecular weight is 284 g/mol. The van der Waals surface area contributed by atoms with Gasteiger partial charge in [0.25, 0.3) is 0 Å². The molecule has 20 heavy (non-hydrogen) atoms.